The molecule has 36 heavy (non-hydrogen) atoms. The second-order valence-electron chi connectivity index (χ2n) is 9.12. The second kappa shape index (κ2) is 9.18. The summed E-state index contributed by atoms with van der Waals surface area (Å²) in [5.74, 6) is 0.502. The van der Waals surface area contributed by atoms with Crippen molar-refractivity contribution >= 4 is 5.91 Å². The fourth-order valence-electron chi connectivity index (χ4n) is 4.10. The molecule has 3 aromatic rings. The third kappa shape index (κ3) is 4.71. The molecule has 8 nitrogen and oxygen atoms in total. The molecule has 0 N–H and O–H groups in total. The Hall–Kier alpha value is -4.07. The van der Waals surface area contributed by atoms with Crippen LogP contribution in [0.4, 0.5) is 13.2 Å². The molecule has 11 heteroatoms. The van der Waals surface area contributed by atoms with Gasteiger partial charge in [0.05, 0.1) is 24.3 Å². The van der Waals surface area contributed by atoms with Crippen LogP contribution in [-0.2, 0) is 11.0 Å². The van der Waals surface area contributed by atoms with Crippen molar-refractivity contribution in [1.82, 2.24) is 15.1 Å². The predicted molar refractivity (Wildman–Crippen MR) is 121 cm³/mol. The molecule has 1 aliphatic heterocycles. The highest BCUT2D eigenvalue weighted by atomic mass is 19.4. The molecule has 188 valence electrons. The standard InChI is InChI=1S/C25H23F3N4O4/c1-14(21-30-31-22(36-21)15-6-5-7-17(10-15)34-4)32-13-24(2,3)20(23(32)33)35-18-9-8-16(12-29)19(11-18)25(26,27)28/h5-11,14,20H,13H2,1-4H3. The summed E-state index contributed by atoms with van der Waals surface area (Å²) in [7, 11) is 1.54. The number of aromatic nitrogens is 2. The summed E-state index contributed by atoms with van der Waals surface area (Å²) in [5, 5.41) is 17.2. The maximum atomic E-state index is 13.4. The number of rotatable bonds is 6. The topological polar surface area (TPSA) is 101 Å². The fourth-order valence-corrected chi connectivity index (χ4v) is 4.10. The molecule has 0 radical (unpaired) electrons. The summed E-state index contributed by atoms with van der Waals surface area (Å²) in [5.41, 5.74) is -1.74. The molecule has 1 fully saturated rings. The third-order valence-corrected chi connectivity index (χ3v) is 6.05. The predicted octanol–water partition coefficient (Wildman–Crippen LogP) is 5.01. The van der Waals surface area contributed by atoms with E-state index in [1.54, 1.807) is 52.1 Å². The van der Waals surface area contributed by atoms with Gasteiger partial charge in [0.15, 0.2) is 6.10 Å². The molecule has 2 atom stereocenters. The fraction of sp³-hybridized carbons (Fsp3) is 0.360. The normalized spacial score (nSPS) is 18.1. The van der Waals surface area contributed by atoms with Gasteiger partial charge >= 0.3 is 6.18 Å². The second-order valence-corrected chi connectivity index (χ2v) is 9.12. The van der Waals surface area contributed by atoms with Crippen LogP contribution in [0.2, 0.25) is 0 Å². The van der Waals surface area contributed by atoms with Crippen LogP contribution in [0.1, 0.15) is 43.8 Å². The Morgan fingerprint density at radius 3 is 2.61 bits per heavy atom. The Bertz CT molecular complexity index is 1330. The van der Waals surface area contributed by atoms with Crippen LogP contribution in [0.25, 0.3) is 11.5 Å². The van der Waals surface area contributed by atoms with Crippen LogP contribution in [0.15, 0.2) is 46.9 Å². The number of amides is 1. The third-order valence-electron chi connectivity index (χ3n) is 6.05. The molecular weight excluding hydrogens is 477 g/mol. The lowest BCUT2D eigenvalue weighted by Gasteiger charge is -2.25. The van der Waals surface area contributed by atoms with Gasteiger partial charge in [0.25, 0.3) is 5.91 Å². The van der Waals surface area contributed by atoms with Gasteiger partial charge in [0, 0.05) is 17.5 Å². The Kier molecular flexibility index (Phi) is 6.39. The number of carbonyl (C=O) groups excluding carboxylic acids is 1. The number of nitrogens with zero attached hydrogens (tertiary/aromatic N) is 4. The summed E-state index contributed by atoms with van der Waals surface area (Å²) >= 11 is 0. The summed E-state index contributed by atoms with van der Waals surface area (Å²) in [6, 6.07) is 11.0. The van der Waals surface area contributed by atoms with Crippen molar-refractivity contribution in [3.8, 4) is 29.0 Å². The van der Waals surface area contributed by atoms with Crippen molar-refractivity contribution in [1.29, 1.82) is 5.26 Å². The number of hydrogen-bond donors (Lipinski definition) is 0. The Balaban J connectivity index is 1.56. The summed E-state index contributed by atoms with van der Waals surface area (Å²) in [6.45, 7) is 5.54. The molecule has 1 aliphatic rings. The lowest BCUT2D eigenvalue weighted by molar-refractivity contribution is -0.138. The minimum Gasteiger partial charge on any atom is -0.497 e. The van der Waals surface area contributed by atoms with E-state index in [2.05, 4.69) is 10.2 Å². The molecule has 0 saturated carbocycles. The molecule has 1 saturated heterocycles. The molecule has 2 aromatic carbocycles. The van der Waals surface area contributed by atoms with Crippen molar-refractivity contribution < 1.29 is 31.9 Å². The van der Waals surface area contributed by atoms with Crippen molar-refractivity contribution in [3.05, 3.63) is 59.5 Å². The van der Waals surface area contributed by atoms with Gasteiger partial charge in [-0.15, -0.1) is 10.2 Å². The first kappa shape index (κ1) is 25.0. The average Bonchev–Trinajstić information content (AvgIpc) is 3.42. The zero-order valence-corrected chi connectivity index (χ0v) is 20.0. The van der Waals surface area contributed by atoms with E-state index in [-0.39, 0.29) is 24.1 Å². The molecular formula is C25H23F3N4O4. The largest absolute Gasteiger partial charge is 0.497 e. The molecule has 0 bridgehead atoms. The van der Waals surface area contributed by atoms with Crippen LogP contribution in [0.5, 0.6) is 11.5 Å². The van der Waals surface area contributed by atoms with Crippen LogP contribution < -0.4 is 9.47 Å². The zero-order valence-electron chi connectivity index (χ0n) is 20.0. The number of hydrogen-bond acceptors (Lipinski definition) is 7. The van der Waals surface area contributed by atoms with E-state index in [1.165, 1.54) is 17.0 Å². The van der Waals surface area contributed by atoms with E-state index in [9.17, 15) is 18.0 Å². The van der Waals surface area contributed by atoms with Crippen molar-refractivity contribution in [2.45, 2.75) is 39.1 Å². The minimum atomic E-state index is -4.74. The Morgan fingerprint density at radius 1 is 1.19 bits per heavy atom. The van der Waals surface area contributed by atoms with Crippen molar-refractivity contribution in [3.63, 3.8) is 0 Å². The van der Waals surface area contributed by atoms with Crippen molar-refractivity contribution in [2.24, 2.45) is 5.41 Å². The van der Waals surface area contributed by atoms with Gasteiger partial charge < -0.3 is 18.8 Å². The maximum Gasteiger partial charge on any atom is 0.417 e. The average molecular weight is 500 g/mol. The maximum absolute atomic E-state index is 13.4. The molecule has 4 rings (SSSR count). The van der Waals surface area contributed by atoms with Crippen LogP contribution in [0.3, 0.4) is 0 Å². The number of methoxy groups -OCH3 is 1. The van der Waals surface area contributed by atoms with Crippen LogP contribution >= 0.6 is 0 Å². The Morgan fingerprint density at radius 2 is 1.94 bits per heavy atom. The molecule has 1 amide bonds. The lowest BCUT2D eigenvalue weighted by Crippen LogP contribution is -2.37. The van der Waals surface area contributed by atoms with E-state index in [4.69, 9.17) is 19.2 Å². The van der Waals surface area contributed by atoms with Gasteiger partial charge in [0.2, 0.25) is 11.8 Å². The van der Waals surface area contributed by atoms with Gasteiger partial charge in [-0.3, -0.25) is 4.79 Å². The zero-order chi connectivity index (χ0) is 26.3. The van der Waals surface area contributed by atoms with Gasteiger partial charge in [-0.2, -0.15) is 18.4 Å². The van der Waals surface area contributed by atoms with E-state index in [0.29, 0.717) is 11.3 Å². The molecule has 0 aliphatic carbocycles. The number of carbonyl (C=O) groups is 1. The molecule has 1 aromatic heterocycles. The van der Waals surface area contributed by atoms with Crippen LogP contribution in [0, 0.1) is 16.7 Å². The number of likely N-dealkylation sites (tertiary alicyclic amines) is 1. The number of ether oxygens (including phenoxy) is 2. The SMILES string of the molecule is COc1cccc(-c2nnc(C(C)N3CC(C)(C)C(Oc4ccc(C#N)c(C(F)(F)F)c4)C3=O)o2)c1. The number of nitriles is 1. The first-order chi connectivity index (χ1) is 16.9. The first-order valence-electron chi connectivity index (χ1n) is 11.0. The van der Waals surface area contributed by atoms with Gasteiger partial charge in [0.1, 0.15) is 17.5 Å². The smallest absolute Gasteiger partial charge is 0.417 e. The number of alkyl halides is 3. The van der Waals surface area contributed by atoms with Crippen LogP contribution in [-0.4, -0.2) is 40.8 Å². The highest BCUT2D eigenvalue weighted by Crippen LogP contribution is 2.40. The number of halogens is 3. The summed E-state index contributed by atoms with van der Waals surface area (Å²) < 4.78 is 56.9. The monoisotopic (exact) mass is 500 g/mol. The highest BCUT2D eigenvalue weighted by Gasteiger charge is 2.50. The first-order valence-corrected chi connectivity index (χ1v) is 11.0. The van der Waals surface area contributed by atoms with E-state index in [1.807, 2.05) is 0 Å². The van der Waals surface area contributed by atoms with E-state index >= 15 is 0 Å². The van der Waals surface area contributed by atoms with E-state index < -0.39 is 40.8 Å². The molecule has 2 unspecified atom stereocenters. The molecule has 0 spiro atoms. The molecule has 2 heterocycles. The highest BCUT2D eigenvalue weighted by molar-refractivity contribution is 5.85. The van der Waals surface area contributed by atoms with Gasteiger partial charge in [-0.1, -0.05) is 19.9 Å². The van der Waals surface area contributed by atoms with Crippen molar-refractivity contribution in [2.75, 3.05) is 13.7 Å². The van der Waals surface area contributed by atoms with Gasteiger partial charge in [-0.25, -0.2) is 0 Å². The minimum absolute atomic E-state index is 0.152. The number of benzene rings is 2. The summed E-state index contributed by atoms with van der Waals surface area (Å²) in [4.78, 5) is 14.8. The summed E-state index contributed by atoms with van der Waals surface area (Å²) in [6.07, 6.45) is -5.80. The quantitative estimate of drug-likeness (QED) is 0.469. The Labute approximate surface area is 205 Å². The van der Waals surface area contributed by atoms with Gasteiger partial charge in [-0.05, 0) is 43.3 Å². The lowest BCUT2D eigenvalue weighted by atomic mass is 9.89. The van der Waals surface area contributed by atoms with E-state index in [0.717, 1.165) is 12.1 Å².